The van der Waals surface area contributed by atoms with E-state index in [1.54, 1.807) is 11.8 Å². The molecule has 1 saturated heterocycles. The molecule has 2 heterocycles. The summed E-state index contributed by atoms with van der Waals surface area (Å²) in [6, 6.07) is 8.22. The van der Waals surface area contributed by atoms with Gasteiger partial charge in [0.1, 0.15) is 0 Å². The zero-order valence-electron chi connectivity index (χ0n) is 12.6. The van der Waals surface area contributed by atoms with E-state index in [0.29, 0.717) is 37.1 Å². The molecule has 0 saturated carbocycles. The Balaban J connectivity index is 1.52. The molecule has 0 bridgehead atoms. The Kier molecular flexibility index (Phi) is 4.81. The van der Waals surface area contributed by atoms with Gasteiger partial charge in [-0.25, -0.2) is 0 Å². The molecule has 6 heteroatoms. The fourth-order valence-electron chi connectivity index (χ4n) is 2.37. The highest BCUT2D eigenvalue weighted by atomic mass is 32.2. The van der Waals surface area contributed by atoms with E-state index in [2.05, 4.69) is 29.2 Å². The van der Waals surface area contributed by atoms with Crippen molar-refractivity contribution >= 4 is 11.8 Å². The Hall–Kier alpha value is -1.37. The molecule has 5 nitrogen and oxygen atoms in total. The normalized spacial score (nSPS) is 16.5. The molecule has 0 atom stereocenters. The highest BCUT2D eigenvalue weighted by Crippen LogP contribution is 2.31. The summed E-state index contributed by atoms with van der Waals surface area (Å²) in [6.07, 6.45) is 0.690. The molecule has 2 aromatic rings. The third-order valence-electron chi connectivity index (χ3n) is 3.91. The second-order valence-electron chi connectivity index (χ2n) is 5.85. The van der Waals surface area contributed by atoms with Gasteiger partial charge in [-0.1, -0.05) is 29.4 Å². The number of hydrogen-bond acceptors (Lipinski definition) is 6. The monoisotopic (exact) mass is 320 g/mol. The zero-order chi connectivity index (χ0) is 15.4. The van der Waals surface area contributed by atoms with E-state index in [1.165, 1.54) is 11.1 Å². The van der Waals surface area contributed by atoms with Gasteiger partial charge in [0.25, 0.3) is 0 Å². The Morgan fingerprint density at radius 3 is 2.82 bits per heavy atom. The largest absolute Gasteiger partial charge is 0.396 e. The second kappa shape index (κ2) is 6.81. The highest BCUT2D eigenvalue weighted by molar-refractivity contribution is 7.98. The lowest BCUT2D eigenvalue weighted by molar-refractivity contribution is -0.121. The fourth-order valence-corrected chi connectivity index (χ4v) is 3.45. The number of aliphatic hydroxyl groups is 1. The predicted octanol–water partition coefficient (Wildman–Crippen LogP) is 2.21. The second-order valence-corrected chi connectivity index (χ2v) is 6.84. The molecular formula is C16H20N2O3S. The molecule has 0 radical (unpaired) electrons. The van der Waals surface area contributed by atoms with Gasteiger partial charge < -0.3 is 14.4 Å². The Morgan fingerprint density at radius 1 is 1.32 bits per heavy atom. The average Bonchev–Trinajstić information content (AvgIpc) is 2.92. The summed E-state index contributed by atoms with van der Waals surface area (Å²) in [4.78, 5) is 4.44. The van der Waals surface area contributed by atoms with Crippen LogP contribution in [0.1, 0.15) is 22.8 Å². The first-order valence-electron chi connectivity index (χ1n) is 7.33. The van der Waals surface area contributed by atoms with Gasteiger partial charge in [-0.2, -0.15) is 16.7 Å². The van der Waals surface area contributed by atoms with Gasteiger partial charge in [0.2, 0.25) is 5.89 Å². The van der Waals surface area contributed by atoms with Gasteiger partial charge in [0.15, 0.2) is 5.82 Å². The van der Waals surface area contributed by atoms with Crippen molar-refractivity contribution < 1.29 is 14.4 Å². The first kappa shape index (κ1) is 15.5. The molecule has 1 aromatic carbocycles. The van der Waals surface area contributed by atoms with Crippen molar-refractivity contribution in [2.75, 3.05) is 25.6 Å². The van der Waals surface area contributed by atoms with Crippen LogP contribution in [0.25, 0.3) is 0 Å². The quantitative estimate of drug-likeness (QED) is 0.843. The number of nitrogens with zero attached hydrogens (tertiary/aromatic N) is 2. The lowest BCUT2D eigenvalue weighted by Gasteiger charge is -2.39. The minimum absolute atomic E-state index is 0.0747. The van der Waals surface area contributed by atoms with Gasteiger partial charge in [0.05, 0.1) is 25.6 Å². The number of aliphatic hydroxyl groups excluding tert-OH is 1. The molecule has 3 rings (SSSR count). The van der Waals surface area contributed by atoms with Crippen LogP contribution in [0.2, 0.25) is 0 Å². The maximum absolute atomic E-state index is 9.38. The number of ether oxygens (including phenoxy) is 1. The Bertz CT molecular complexity index is 620. The molecule has 1 fully saturated rings. The molecule has 0 aliphatic carbocycles. The fraction of sp³-hybridized carbons (Fsp3) is 0.500. The molecule has 22 heavy (non-hydrogen) atoms. The number of aryl methyl sites for hydroxylation is 1. The molecule has 0 unspecified atom stereocenters. The van der Waals surface area contributed by atoms with Crippen molar-refractivity contribution in [3.8, 4) is 0 Å². The maximum Gasteiger partial charge on any atom is 0.236 e. The van der Waals surface area contributed by atoms with Gasteiger partial charge in [-0.3, -0.25) is 0 Å². The maximum atomic E-state index is 9.38. The number of thioether (sulfide) groups is 1. The summed E-state index contributed by atoms with van der Waals surface area (Å²) in [7, 11) is 0. The predicted molar refractivity (Wildman–Crippen MR) is 84.8 cm³/mol. The number of hydrogen-bond donors (Lipinski definition) is 1. The van der Waals surface area contributed by atoms with Crippen LogP contribution in [-0.4, -0.2) is 40.8 Å². The summed E-state index contributed by atoms with van der Waals surface area (Å²) in [5.41, 5.74) is 2.38. The average molecular weight is 320 g/mol. The van der Waals surface area contributed by atoms with Crippen molar-refractivity contribution in [1.29, 1.82) is 0 Å². The van der Waals surface area contributed by atoms with Gasteiger partial charge in [0, 0.05) is 17.6 Å². The van der Waals surface area contributed by atoms with Crippen LogP contribution in [0.15, 0.2) is 28.8 Å². The lowest BCUT2D eigenvalue weighted by atomic mass is 9.90. The van der Waals surface area contributed by atoms with Crippen LogP contribution in [0.4, 0.5) is 0 Å². The summed E-state index contributed by atoms with van der Waals surface area (Å²) in [5, 5.41) is 13.4. The molecule has 1 aromatic heterocycles. The van der Waals surface area contributed by atoms with Crippen molar-refractivity contribution in [2.24, 2.45) is 5.41 Å². The number of aromatic nitrogens is 2. The van der Waals surface area contributed by atoms with Crippen LogP contribution in [0.5, 0.6) is 0 Å². The van der Waals surface area contributed by atoms with Crippen molar-refractivity contribution in [1.82, 2.24) is 10.1 Å². The van der Waals surface area contributed by atoms with E-state index in [0.717, 1.165) is 5.75 Å². The van der Waals surface area contributed by atoms with E-state index in [9.17, 15) is 5.11 Å². The highest BCUT2D eigenvalue weighted by Gasteiger charge is 2.37. The van der Waals surface area contributed by atoms with E-state index >= 15 is 0 Å². The summed E-state index contributed by atoms with van der Waals surface area (Å²) < 4.78 is 10.5. The zero-order valence-corrected chi connectivity index (χ0v) is 13.4. The van der Waals surface area contributed by atoms with Crippen LogP contribution in [0, 0.1) is 12.3 Å². The Labute approximate surface area is 134 Å². The van der Waals surface area contributed by atoms with E-state index in [4.69, 9.17) is 9.26 Å². The molecule has 118 valence electrons. The Morgan fingerprint density at radius 2 is 2.14 bits per heavy atom. The van der Waals surface area contributed by atoms with E-state index < -0.39 is 0 Å². The van der Waals surface area contributed by atoms with Gasteiger partial charge in [-0.15, -0.1) is 0 Å². The molecule has 1 N–H and O–H groups in total. The molecule has 0 spiro atoms. The molecule has 1 aliphatic heterocycles. The van der Waals surface area contributed by atoms with Gasteiger partial charge in [-0.05, 0) is 18.1 Å². The van der Waals surface area contributed by atoms with E-state index in [-0.39, 0.29) is 12.0 Å². The topological polar surface area (TPSA) is 68.4 Å². The minimum atomic E-state index is -0.0747. The SMILES string of the molecule is Cc1ccccc1Cc1noc(CSCC2(CO)COC2)n1. The first-order valence-corrected chi connectivity index (χ1v) is 8.49. The van der Waals surface area contributed by atoms with Crippen LogP contribution in [-0.2, 0) is 16.9 Å². The van der Waals surface area contributed by atoms with Crippen LogP contribution >= 0.6 is 11.8 Å². The molecular weight excluding hydrogens is 300 g/mol. The lowest BCUT2D eigenvalue weighted by Crippen LogP contribution is -2.47. The number of rotatable bonds is 7. The van der Waals surface area contributed by atoms with Crippen molar-refractivity contribution in [2.45, 2.75) is 19.1 Å². The van der Waals surface area contributed by atoms with Crippen LogP contribution < -0.4 is 0 Å². The third-order valence-corrected chi connectivity index (χ3v) is 5.17. The standard InChI is InChI=1S/C16H20N2O3S/c1-12-4-2-3-5-13(12)6-14-17-15(21-18-14)7-22-11-16(8-19)9-20-10-16/h2-5,19H,6-11H2,1H3. The summed E-state index contributed by atoms with van der Waals surface area (Å²) >= 11 is 1.70. The van der Waals surface area contributed by atoms with Crippen LogP contribution in [0.3, 0.4) is 0 Å². The first-order chi connectivity index (χ1) is 10.7. The summed E-state index contributed by atoms with van der Waals surface area (Å²) in [5.74, 6) is 2.87. The van der Waals surface area contributed by atoms with Crippen molar-refractivity contribution in [3.63, 3.8) is 0 Å². The third kappa shape index (κ3) is 3.51. The summed E-state index contributed by atoms with van der Waals surface area (Å²) in [6.45, 7) is 3.53. The smallest absolute Gasteiger partial charge is 0.236 e. The van der Waals surface area contributed by atoms with Crippen molar-refractivity contribution in [3.05, 3.63) is 47.1 Å². The van der Waals surface area contributed by atoms with E-state index in [1.807, 2.05) is 12.1 Å². The minimum Gasteiger partial charge on any atom is -0.396 e. The molecule has 0 amide bonds. The number of benzene rings is 1. The molecule has 1 aliphatic rings. The van der Waals surface area contributed by atoms with Gasteiger partial charge >= 0.3 is 0 Å².